The van der Waals surface area contributed by atoms with Gasteiger partial charge in [0.15, 0.2) is 0 Å². The molecule has 176 valence electrons. The Balaban J connectivity index is 1.39. The van der Waals surface area contributed by atoms with Gasteiger partial charge in [-0.3, -0.25) is 9.78 Å². The molecule has 2 amide bonds. The van der Waals surface area contributed by atoms with Crippen molar-refractivity contribution in [1.82, 2.24) is 24.8 Å². The van der Waals surface area contributed by atoms with Gasteiger partial charge in [-0.2, -0.15) is 8.78 Å². The van der Waals surface area contributed by atoms with Crippen molar-refractivity contribution in [2.24, 2.45) is 0 Å². The predicted molar refractivity (Wildman–Crippen MR) is 117 cm³/mol. The van der Waals surface area contributed by atoms with E-state index in [9.17, 15) is 18.4 Å². The van der Waals surface area contributed by atoms with Crippen molar-refractivity contribution in [1.29, 1.82) is 0 Å². The van der Waals surface area contributed by atoms with Gasteiger partial charge < -0.3 is 25.0 Å². The number of hydrogen-bond acceptors (Lipinski definition) is 7. The van der Waals surface area contributed by atoms with Gasteiger partial charge in [0.25, 0.3) is 5.91 Å². The number of pyridine rings is 1. The molecule has 0 unspecified atom stereocenters. The van der Waals surface area contributed by atoms with Crippen LogP contribution in [-0.2, 0) is 0 Å². The molecule has 1 aliphatic rings. The largest absolute Gasteiger partial charge is 0.465 e. The lowest BCUT2D eigenvalue weighted by atomic mass is 10.1. The van der Waals surface area contributed by atoms with Crippen LogP contribution in [0.2, 0.25) is 0 Å². The molecule has 0 saturated carbocycles. The summed E-state index contributed by atoms with van der Waals surface area (Å²) in [7, 11) is 0. The van der Waals surface area contributed by atoms with Crippen molar-refractivity contribution in [3.05, 3.63) is 60.7 Å². The van der Waals surface area contributed by atoms with Crippen LogP contribution in [0.5, 0.6) is 5.75 Å². The second-order valence-electron chi connectivity index (χ2n) is 7.35. The highest BCUT2D eigenvalue weighted by Crippen LogP contribution is 2.23. The van der Waals surface area contributed by atoms with Crippen molar-refractivity contribution in [2.75, 3.05) is 31.5 Å². The van der Waals surface area contributed by atoms with E-state index >= 15 is 0 Å². The maximum Gasteiger partial charge on any atom is 0.407 e. The fraction of sp³-hybridized carbons (Fsp3) is 0.227. The average molecular weight is 470 g/mol. The summed E-state index contributed by atoms with van der Waals surface area (Å²) < 4.78 is 28.9. The standard InChI is InChI=1S/C22H20F2N6O4/c23-20(24)34-18-3-1-14(2-4-18)16-11-26-21(27-12-16)28-17-9-15(10-25-13-17)19(31)29-5-7-30(8-6-29)22(32)33/h1-4,9-13,20H,5-8H2,(H,32,33)(H,26,27,28). The topological polar surface area (TPSA) is 121 Å². The van der Waals surface area contributed by atoms with E-state index in [0.717, 1.165) is 5.56 Å². The summed E-state index contributed by atoms with van der Waals surface area (Å²) in [5.74, 6) is 0.100. The second-order valence-corrected chi connectivity index (χ2v) is 7.35. The lowest BCUT2D eigenvalue weighted by molar-refractivity contribution is -0.0498. The second kappa shape index (κ2) is 10.1. The Kier molecular flexibility index (Phi) is 6.76. The molecular formula is C22H20F2N6O4. The summed E-state index contributed by atoms with van der Waals surface area (Å²) in [6.07, 6.45) is 5.12. The predicted octanol–water partition coefficient (Wildman–Crippen LogP) is 3.32. The molecule has 4 rings (SSSR count). The SMILES string of the molecule is O=C(O)N1CCN(C(=O)c2cncc(Nc3ncc(-c4ccc(OC(F)F)cc4)cn3)c2)CC1. The molecule has 1 aliphatic heterocycles. The maximum absolute atomic E-state index is 12.8. The summed E-state index contributed by atoms with van der Waals surface area (Å²) in [6.45, 7) is -1.75. The smallest absolute Gasteiger partial charge is 0.407 e. The zero-order valence-corrected chi connectivity index (χ0v) is 17.8. The summed E-state index contributed by atoms with van der Waals surface area (Å²) in [4.78, 5) is 39.3. The Morgan fingerprint density at radius 2 is 1.59 bits per heavy atom. The molecule has 12 heteroatoms. The van der Waals surface area contributed by atoms with Crippen molar-refractivity contribution in [3.63, 3.8) is 0 Å². The lowest BCUT2D eigenvalue weighted by Gasteiger charge is -2.33. The maximum atomic E-state index is 12.8. The molecule has 0 atom stereocenters. The molecule has 1 saturated heterocycles. The van der Waals surface area contributed by atoms with Crippen molar-refractivity contribution in [3.8, 4) is 16.9 Å². The Labute approximate surface area is 192 Å². The molecule has 2 N–H and O–H groups in total. The number of carbonyl (C=O) groups is 2. The van der Waals surface area contributed by atoms with Gasteiger partial charge in [-0.05, 0) is 23.8 Å². The molecule has 0 spiro atoms. The number of rotatable bonds is 6. The Hall–Kier alpha value is -4.35. The highest BCUT2D eigenvalue weighted by atomic mass is 19.3. The van der Waals surface area contributed by atoms with E-state index in [0.29, 0.717) is 29.9 Å². The molecule has 0 radical (unpaired) electrons. The summed E-state index contributed by atoms with van der Waals surface area (Å²) in [5, 5.41) is 12.0. The van der Waals surface area contributed by atoms with Crippen molar-refractivity contribution < 1.29 is 28.2 Å². The molecule has 0 bridgehead atoms. The van der Waals surface area contributed by atoms with Crippen LogP contribution >= 0.6 is 0 Å². The monoisotopic (exact) mass is 470 g/mol. The molecule has 3 aromatic rings. The third kappa shape index (κ3) is 5.52. The van der Waals surface area contributed by atoms with Gasteiger partial charge in [0.1, 0.15) is 5.75 Å². The van der Waals surface area contributed by atoms with Gasteiger partial charge in [-0.15, -0.1) is 0 Å². The Morgan fingerprint density at radius 3 is 2.21 bits per heavy atom. The van der Waals surface area contributed by atoms with E-state index in [2.05, 4.69) is 25.0 Å². The minimum Gasteiger partial charge on any atom is -0.465 e. The fourth-order valence-electron chi connectivity index (χ4n) is 3.41. The number of amides is 2. The minimum atomic E-state index is -2.88. The number of benzene rings is 1. The third-order valence-electron chi connectivity index (χ3n) is 5.14. The number of carbonyl (C=O) groups excluding carboxylic acids is 1. The van der Waals surface area contributed by atoms with Crippen LogP contribution in [0.3, 0.4) is 0 Å². The number of halogens is 2. The number of aromatic nitrogens is 3. The third-order valence-corrected chi connectivity index (χ3v) is 5.14. The zero-order chi connectivity index (χ0) is 24.1. The first kappa shape index (κ1) is 22.8. The van der Waals surface area contributed by atoms with Crippen LogP contribution in [-0.4, -0.2) is 74.6 Å². The molecule has 10 nitrogen and oxygen atoms in total. The first-order valence-electron chi connectivity index (χ1n) is 10.3. The van der Waals surface area contributed by atoms with E-state index in [4.69, 9.17) is 5.11 Å². The quantitative estimate of drug-likeness (QED) is 0.563. The summed E-state index contributed by atoms with van der Waals surface area (Å²) in [5.41, 5.74) is 2.27. The molecule has 0 aliphatic carbocycles. The van der Waals surface area contributed by atoms with E-state index in [1.54, 1.807) is 35.5 Å². The number of carboxylic acid groups (broad SMARTS) is 1. The van der Waals surface area contributed by atoms with Crippen LogP contribution in [0.4, 0.5) is 25.2 Å². The van der Waals surface area contributed by atoms with Crippen molar-refractivity contribution >= 4 is 23.6 Å². The van der Waals surface area contributed by atoms with Gasteiger partial charge in [0, 0.05) is 50.3 Å². The van der Waals surface area contributed by atoms with Crippen LogP contribution in [0.15, 0.2) is 55.1 Å². The molecule has 1 fully saturated rings. The molecule has 1 aromatic carbocycles. The van der Waals surface area contributed by atoms with Gasteiger partial charge in [0.05, 0.1) is 17.4 Å². The van der Waals surface area contributed by atoms with E-state index < -0.39 is 12.7 Å². The van der Waals surface area contributed by atoms with Gasteiger partial charge >= 0.3 is 12.7 Å². The highest BCUT2D eigenvalue weighted by Gasteiger charge is 2.24. The Morgan fingerprint density at radius 1 is 0.941 bits per heavy atom. The fourth-order valence-corrected chi connectivity index (χ4v) is 3.41. The van der Waals surface area contributed by atoms with Crippen LogP contribution in [0.25, 0.3) is 11.1 Å². The van der Waals surface area contributed by atoms with Crippen LogP contribution in [0.1, 0.15) is 10.4 Å². The number of piperazine rings is 1. The van der Waals surface area contributed by atoms with Crippen LogP contribution in [0, 0.1) is 0 Å². The highest BCUT2D eigenvalue weighted by molar-refractivity contribution is 5.95. The number of anilines is 2. The number of nitrogens with one attached hydrogen (secondary N) is 1. The number of alkyl halides is 2. The van der Waals surface area contributed by atoms with E-state index in [1.165, 1.54) is 29.4 Å². The molecule has 34 heavy (non-hydrogen) atoms. The van der Waals surface area contributed by atoms with E-state index in [-0.39, 0.29) is 30.7 Å². The first-order chi connectivity index (χ1) is 16.4. The van der Waals surface area contributed by atoms with Crippen molar-refractivity contribution in [2.45, 2.75) is 6.61 Å². The number of nitrogens with zero attached hydrogens (tertiary/aromatic N) is 5. The van der Waals surface area contributed by atoms with Gasteiger partial charge in [-0.1, -0.05) is 12.1 Å². The lowest BCUT2D eigenvalue weighted by Crippen LogP contribution is -2.50. The summed E-state index contributed by atoms with van der Waals surface area (Å²) >= 11 is 0. The van der Waals surface area contributed by atoms with Gasteiger partial charge in [-0.25, -0.2) is 14.8 Å². The average Bonchev–Trinajstić information content (AvgIpc) is 2.84. The molecular weight excluding hydrogens is 450 g/mol. The minimum absolute atomic E-state index is 0.0589. The summed E-state index contributed by atoms with van der Waals surface area (Å²) in [6, 6.07) is 7.74. The molecule has 2 aromatic heterocycles. The Bertz CT molecular complexity index is 1150. The molecule has 3 heterocycles. The van der Waals surface area contributed by atoms with E-state index in [1.807, 2.05) is 0 Å². The number of hydrogen-bond donors (Lipinski definition) is 2. The normalized spacial score (nSPS) is 13.6. The first-order valence-corrected chi connectivity index (χ1v) is 10.3. The zero-order valence-electron chi connectivity index (χ0n) is 17.8. The van der Waals surface area contributed by atoms with Crippen LogP contribution < -0.4 is 10.1 Å². The number of ether oxygens (including phenoxy) is 1. The van der Waals surface area contributed by atoms with Gasteiger partial charge in [0.2, 0.25) is 5.95 Å².